The highest BCUT2D eigenvalue weighted by molar-refractivity contribution is 5.55. The fourth-order valence-corrected chi connectivity index (χ4v) is 2.06. The molecule has 1 aliphatic heterocycles. The Kier molecular flexibility index (Phi) is 2.91. The van der Waals surface area contributed by atoms with E-state index in [-0.39, 0.29) is 5.82 Å². The van der Waals surface area contributed by atoms with Gasteiger partial charge in [-0.1, -0.05) is 6.07 Å². The number of halogens is 1. The summed E-state index contributed by atoms with van der Waals surface area (Å²) in [5.41, 5.74) is 1.83. The third-order valence-electron chi connectivity index (χ3n) is 2.86. The number of fused-ring (bicyclic) bond motifs is 1. The van der Waals surface area contributed by atoms with Gasteiger partial charge in [-0.25, -0.2) is 4.39 Å². The Bertz CT molecular complexity index is 349. The Hall–Kier alpha value is -1.09. The fourth-order valence-electron chi connectivity index (χ4n) is 2.06. The van der Waals surface area contributed by atoms with Gasteiger partial charge in [0.2, 0.25) is 0 Å². The van der Waals surface area contributed by atoms with Crippen molar-refractivity contribution in [3.05, 3.63) is 29.6 Å². The van der Waals surface area contributed by atoms with Crippen LogP contribution < -0.4 is 10.2 Å². The van der Waals surface area contributed by atoms with E-state index >= 15 is 0 Å². The average molecular weight is 208 g/mol. The van der Waals surface area contributed by atoms with Crippen LogP contribution >= 0.6 is 0 Å². The number of hydrogen-bond donors (Lipinski definition) is 1. The molecular formula is C12H17FN2. The second-order valence-corrected chi connectivity index (χ2v) is 4.20. The van der Waals surface area contributed by atoms with Crippen molar-refractivity contribution in [3.63, 3.8) is 0 Å². The summed E-state index contributed by atoms with van der Waals surface area (Å²) in [5, 5.41) is 3.25. The van der Waals surface area contributed by atoms with E-state index in [1.807, 2.05) is 6.07 Å². The summed E-state index contributed by atoms with van der Waals surface area (Å²) < 4.78 is 13.6. The van der Waals surface area contributed by atoms with Gasteiger partial charge in [0.15, 0.2) is 0 Å². The van der Waals surface area contributed by atoms with Crippen LogP contribution in [0, 0.1) is 5.82 Å². The van der Waals surface area contributed by atoms with Crippen LogP contribution in [0.5, 0.6) is 0 Å². The predicted octanol–water partition coefficient (Wildman–Crippen LogP) is 2.14. The van der Waals surface area contributed by atoms with Gasteiger partial charge in [-0.2, -0.15) is 0 Å². The van der Waals surface area contributed by atoms with Crippen molar-refractivity contribution in [2.45, 2.75) is 26.4 Å². The Morgan fingerprint density at radius 2 is 2.20 bits per heavy atom. The lowest BCUT2D eigenvalue weighted by molar-refractivity contribution is 0.597. The first kappa shape index (κ1) is 10.4. The molecule has 0 saturated heterocycles. The summed E-state index contributed by atoms with van der Waals surface area (Å²) >= 11 is 0. The van der Waals surface area contributed by atoms with Crippen LogP contribution in [0.25, 0.3) is 0 Å². The number of rotatable bonds is 1. The molecule has 82 valence electrons. The van der Waals surface area contributed by atoms with Gasteiger partial charge >= 0.3 is 0 Å². The molecule has 1 aliphatic rings. The summed E-state index contributed by atoms with van der Waals surface area (Å²) in [6.07, 6.45) is 0. The van der Waals surface area contributed by atoms with Crippen LogP contribution in [0.1, 0.15) is 19.4 Å². The van der Waals surface area contributed by atoms with Gasteiger partial charge in [0.1, 0.15) is 5.82 Å². The maximum absolute atomic E-state index is 13.6. The van der Waals surface area contributed by atoms with Crippen molar-refractivity contribution in [1.29, 1.82) is 0 Å². The molecule has 15 heavy (non-hydrogen) atoms. The van der Waals surface area contributed by atoms with Gasteiger partial charge in [0.05, 0.1) is 0 Å². The SMILES string of the molecule is CC(C)N1CCNCc2c(F)cccc21. The van der Waals surface area contributed by atoms with Crippen LogP contribution in [-0.4, -0.2) is 19.1 Å². The molecule has 1 N–H and O–H groups in total. The summed E-state index contributed by atoms with van der Waals surface area (Å²) in [4.78, 5) is 2.25. The Balaban J connectivity index is 2.45. The average Bonchev–Trinajstić information content (AvgIpc) is 2.40. The van der Waals surface area contributed by atoms with Gasteiger partial charge in [-0.05, 0) is 26.0 Å². The van der Waals surface area contributed by atoms with Crippen LogP contribution in [0.4, 0.5) is 10.1 Å². The molecule has 0 aromatic heterocycles. The summed E-state index contributed by atoms with van der Waals surface area (Å²) in [6.45, 7) is 6.76. The molecule has 0 amide bonds. The molecule has 0 aliphatic carbocycles. The van der Waals surface area contributed by atoms with E-state index in [1.54, 1.807) is 6.07 Å². The Morgan fingerprint density at radius 3 is 2.93 bits per heavy atom. The topological polar surface area (TPSA) is 15.3 Å². The first-order valence-electron chi connectivity index (χ1n) is 5.45. The van der Waals surface area contributed by atoms with Crippen molar-refractivity contribution in [2.75, 3.05) is 18.0 Å². The smallest absolute Gasteiger partial charge is 0.129 e. The molecular weight excluding hydrogens is 191 g/mol. The van der Waals surface area contributed by atoms with E-state index in [0.717, 1.165) is 24.3 Å². The Morgan fingerprint density at radius 1 is 1.40 bits per heavy atom. The van der Waals surface area contributed by atoms with E-state index in [1.165, 1.54) is 6.07 Å². The van der Waals surface area contributed by atoms with Crippen LogP contribution in [-0.2, 0) is 6.54 Å². The van der Waals surface area contributed by atoms with Crippen molar-refractivity contribution in [1.82, 2.24) is 5.32 Å². The second-order valence-electron chi connectivity index (χ2n) is 4.20. The van der Waals surface area contributed by atoms with E-state index in [2.05, 4.69) is 24.1 Å². The number of benzene rings is 1. The largest absolute Gasteiger partial charge is 0.367 e. The van der Waals surface area contributed by atoms with Crippen LogP contribution in [0.15, 0.2) is 18.2 Å². The number of hydrogen-bond acceptors (Lipinski definition) is 2. The third-order valence-corrected chi connectivity index (χ3v) is 2.86. The molecule has 2 nitrogen and oxygen atoms in total. The first-order chi connectivity index (χ1) is 7.20. The lowest BCUT2D eigenvalue weighted by Gasteiger charge is -2.28. The predicted molar refractivity (Wildman–Crippen MR) is 60.6 cm³/mol. The van der Waals surface area contributed by atoms with Crippen molar-refractivity contribution in [3.8, 4) is 0 Å². The molecule has 1 heterocycles. The highest BCUT2D eigenvalue weighted by Gasteiger charge is 2.19. The molecule has 0 bridgehead atoms. The van der Waals surface area contributed by atoms with Gasteiger partial charge < -0.3 is 10.2 Å². The van der Waals surface area contributed by atoms with Crippen LogP contribution in [0.3, 0.4) is 0 Å². The molecule has 1 aromatic carbocycles. The molecule has 0 fully saturated rings. The van der Waals surface area contributed by atoms with Crippen molar-refractivity contribution >= 4 is 5.69 Å². The van der Waals surface area contributed by atoms with E-state index in [4.69, 9.17) is 0 Å². The lowest BCUT2D eigenvalue weighted by atomic mass is 10.1. The molecule has 1 aromatic rings. The molecule has 0 saturated carbocycles. The zero-order valence-corrected chi connectivity index (χ0v) is 9.26. The molecule has 3 heteroatoms. The molecule has 2 rings (SSSR count). The van der Waals surface area contributed by atoms with E-state index < -0.39 is 0 Å². The standard InChI is InChI=1S/C12H17FN2/c1-9(2)15-7-6-14-8-10-11(13)4-3-5-12(10)15/h3-5,9,14H,6-8H2,1-2H3. The molecule has 0 spiro atoms. The first-order valence-corrected chi connectivity index (χ1v) is 5.45. The summed E-state index contributed by atoms with van der Waals surface area (Å²) in [7, 11) is 0. The number of nitrogens with one attached hydrogen (secondary N) is 1. The van der Waals surface area contributed by atoms with Crippen molar-refractivity contribution < 1.29 is 4.39 Å². The Labute approximate surface area is 90.1 Å². The maximum Gasteiger partial charge on any atom is 0.129 e. The van der Waals surface area contributed by atoms with Gasteiger partial charge in [0, 0.05) is 36.9 Å². The zero-order valence-electron chi connectivity index (χ0n) is 9.26. The quantitative estimate of drug-likeness (QED) is 0.760. The molecule has 0 unspecified atom stereocenters. The van der Waals surface area contributed by atoms with E-state index in [0.29, 0.717) is 12.6 Å². The minimum atomic E-state index is -0.104. The normalized spacial score (nSPS) is 16.4. The lowest BCUT2D eigenvalue weighted by Crippen LogP contribution is -2.34. The van der Waals surface area contributed by atoms with Gasteiger partial charge in [-0.15, -0.1) is 0 Å². The number of nitrogens with zero attached hydrogens (tertiary/aromatic N) is 1. The maximum atomic E-state index is 13.6. The molecule has 0 atom stereocenters. The zero-order chi connectivity index (χ0) is 10.8. The third kappa shape index (κ3) is 1.97. The summed E-state index contributed by atoms with van der Waals surface area (Å²) in [5.74, 6) is -0.104. The summed E-state index contributed by atoms with van der Waals surface area (Å²) in [6, 6.07) is 5.73. The second kappa shape index (κ2) is 4.19. The van der Waals surface area contributed by atoms with Crippen LogP contribution in [0.2, 0.25) is 0 Å². The van der Waals surface area contributed by atoms with E-state index in [9.17, 15) is 4.39 Å². The minimum absolute atomic E-state index is 0.104. The van der Waals surface area contributed by atoms with Gasteiger partial charge in [0.25, 0.3) is 0 Å². The molecule has 0 radical (unpaired) electrons. The minimum Gasteiger partial charge on any atom is -0.367 e. The van der Waals surface area contributed by atoms with Gasteiger partial charge in [-0.3, -0.25) is 0 Å². The number of anilines is 1. The highest BCUT2D eigenvalue weighted by atomic mass is 19.1. The van der Waals surface area contributed by atoms with Crippen molar-refractivity contribution in [2.24, 2.45) is 0 Å². The highest BCUT2D eigenvalue weighted by Crippen LogP contribution is 2.26. The fraction of sp³-hybridized carbons (Fsp3) is 0.500. The monoisotopic (exact) mass is 208 g/mol.